The SMILES string of the molecule is Cc1nn(C)c2cc(C3CCCCC3=O)ccc12. The average molecular weight is 242 g/mol. The van der Waals surface area contributed by atoms with E-state index in [2.05, 4.69) is 23.3 Å². The molecule has 0 aliphatic heterocycles. The number of nitrogens with zero attached hydrogens (tertiary/aromatic N) is 2. The van der Waals surface area contributed by atoms with Crippen LogP contribution in [0.1, 0.15) is 42.9 Å². The molecule has 1 aliphatic carbocycles. The van der Waals surface area contributed by atoms with E-state index in [0.717, 1.165) is 36.0 Å². The lowest BCUT2D eigenvalue weighted by atomic mass is 9.83. The Bertz CT molecular complexity index is 612. The third-order valence-electron chi connectivity index (χ3n) is 4.02. The van der Waals surface area contributed by atoms with Gasteiger partial charge in [-0.15, -0.1) is 0 Å². The summed E-state index contributed by atoms with van der Waals surface area (Å²) in [7, 11) is 1.96. The Morgan fingerprint density at radius 1 is 1.33 bits per heavy atom. The van der Waals surface area contributed by atoms with Gasteiger partial charge in [0.05, 0.1) is 11.2 Å². The van der Waals surface area contributed by atoms with E-state index in [0.29, 0.717) is 5.78 Å². The summed E-state index contributed by atoms with van der Waals surface area (Å²) in [5.41, 5.74) is 3.34. The molecule has 1 aromatic heterocycles. The summed E-state index contributed by atoms with van der Waals surface area (Å²) in [5.74, 6) is 0.512. The Morgan fingerprint density at radius 3 is 2.94 bits per heavy atom. The van der Waals surface area contributed by atoms with Crippen LogP contribution in [0.2, 0.25) is 0 Å². The van der Waals surface area contributed by atoms with Crippen molar-refractivity contribution in [2.45, 2.75) is 38.5 Å². The highest BCUT2D eigenvalue weighted by molar-refractivity contribution is 5.89. The second-order valence-electron chi connectivity index (χ2n) is 5.25. The molecule has 0 amide bonds. The predicted molar refractivity (Wildman–Crippen MR) is 71.7 cm³/mol. The third kappa shape index (κ3) is 1.74. The molecule has 3 nitrogen and oxygen atoms in total. The molecule has 0 radical (unpaired) electrons. The van der Waals surface area contributed by atoms with E-state index in [-0.39, 0.29) is 5.92 Å². The van der Waals surface area contributed by atoms with E-state index in [1.54, 1.807) is 0 Å². The lowest BCUT2D eigenvalue weighted by molar-refractivity contribution is -0.121. The van der Waals surface area contributed by atoms with Gasteiger partial charge >= 0.3 is 0 Å². The number of aryl methyl sites for hydroxylation is 2. The van der Waals surface area contributed by atoms with E-state index < -0.39 is 0 Å². The van der Waals surface area contributed by atoms with E-state index in [9.17, 15) is 4.79 Å². The molecule has 18 heavy (non-hydrogen) atoms. The maximum absolute atomic E-state index is 12.0. The van der Waals surface area contributed by atoms with Crippen LogP contribution in [0, 0.1) is 6.92 Å². The van der Waals surface area contributed by atoms with Gasteiger partial charge in [0.25, 0.3) is 0 Å². The van der Waals surface area contributed by atoms with Crippen LogP contribution in [0.15, 0.2) is 18.2 Å². The summed E-state index contributed by atoms with van der Waals surface area (Å²) >= 11 is 0. The fourth-order valence-electron chi connectivity index (χ4n) is 3.01. The summed E-state index contributed by atoms with van der Waals surface area (Å²) in [4.78, 5) is 12.0. The second kappa shape index (κ2) is 4.23. The van der Waals surface area contributed by atoms with Gasteiger partial charge in [-0.05, 0) is 31.4 Å². The number of fused-ring (bicyclic) bond motifs is 1. The van der Waals surface area contributed by atoms with Crippen molar-refractivity contribution in [3.05, 3.63) is 29.5 Å². The summed E-state index contributed by atoms with van der Waals surface area (Å²) in [6, 6.07) is 6.35. The van der Waals surface area contributed by atoms with Crippen LogP contribution in [0.4, 0.5) is 0 Å². The standard InChI is InChI=1S/C15H18N2O/c1-10-12-8-7-11(9-14(12)17(2)16-10)13-5-3-4-6-15(13)18/h7-9,13H,3-6H2,1-2H3. The fraction of sp³-hybridized carbons (Fsp3) is 0.467. The van der Waals surface area contributed by atoms with Gasteiger partial charge in [-0.2, -0.15) is 5.10 Å². The molecule has 1 fully saturated rings. The minimum Gasteiger partial charge on any atom is -0.299 e. The van der Waals surface area contributed by atoms with Gasteiger partial charge in [-0.1, -0.05) is 18.6 Å². The minimum atomic E-state index is 0.110. The van der Waals surface area contributed by atoms with E-state index in [1.807, 2.05) is 18.7 Å². The van der Waals surface area contributed by atoms with Crippen molar-refractivity contribution in [3.63, 3.8) is 0 Å². The number of Topliss-reactive ketones (excluding diaryl/α,β-unsaturated/α-hetero) is 1. The molecule has 1 aromatic carbocycles. The van der Waals surface area contributed by atoms with E-state index in [1.165, 1.54) is 11.8 Å². The number of carbonyl (C=O) groups is 1. The lowest BCUT2D eigenvalue weighted by Crippen LogP contribution is -2.16. The number of carbonyl (C=O) groups excluding carboxylic acids is 1. The predicted octanol–water partition coefficient (Wildman–Crippen LogP) is 3.11. The van der Waals surface area contributed by atoms with Crippen molar-refractivity contribution in [3.8, 4) is 0 Å². The Hall–Kier alpha value is -1.64. The molecule has 3 rings (SSSR count). The quantitative estimate of drug-likeness (QED) is 0.770. The van der Waals surface area contributed by atoms with Crippen molar-refractivity contribution in [2.75, 3.05) is 0 Å². The van der Waals surface area contributed by atoms with Crippen LogP contribution < -0.4 is 0 Å². The van der Waals surface area contributed by atoms with Crippen LogP contribution in [0.3, 0.4) is 0 Å². The van der Waals surface area contributed by atoms with Crippen LogP contribution >= 0.6 is 0 Å². The van der Waals surface area contributed by atoms with Crippen LogP contribution in [0.25, 0.3) is 10.9 Å². The molecule has 1 saturated carbocycles. The fourth-order valence-corrected chi connectivity index (χ4v) is 3.01. The van der Waals surface area contributed by atoms with Crippen molar-refractivity contribution < 1.29 is 4.79 Å². The average Bonchev–Trinajstić information content (AvgIpc) is 2.65. The van der Waals surface area contributed by atoms with Crippen LogP contribution in [0.5, 0.6) is 0 Å². The van der Waals surface area contributed by atoms with Gasteiger partial charge in [0.15, 0.2) is 0 Å². The summed E-state index contributed by atoms with van der Waals surface area (Å²) in [6.07, 6.45) is 3.97. The first kappa shape index (κ1) is 11.5. The zero-order valence-corrected chi connectivity index (χ0v) is 10.9. The van der Waals surface area contributed by atoms with Gasteiger partial charge in [0, 0.05) is 24.8 Å². The number of benzene rings is 1. The molecule has 2 aromatic rings. The van der Waals surface area contributed by atoms with E-state index >= 15 is 0 Å². The number of rotatable bonds is 1. The lowest BCUT2D eigenvalue weighted by Gasteiger charge is -2.20. The second-order valence-corrected chi connectivity index (χ2v) is 5.25. The number of hydrogen-bond acceptors (Lipinski definition) is 2. The van der Waals surface area contributed by atoms with Crippen molar-refractivity contribution in [1.82, 2.24) is 9.78 Å². The summed E-state index contributed by atoms with van der Waals surface area (Å²) < 4.78 is 1.90. The number of ketones is 1. The molecule has 1 aliphatic rings. The monoisotopic (exact) mass is 242 g/mol. The summed E-state index contributed by atoms with van der Waals surface area (Å²) in [5, 5.41) is 5.61. The Balaban J connectivity index is 2.07. The molecule has 0 bridgehead atoms. The molecule has 0 N–H and O–H groups in total. The highest BCUT2D eigenvalue weighted by Gasteiger charge is 2.24. The topological polar surface area (TPSA) is 34.9 Å². The van der Waals surface area contributed by atoms with Crippen molar-refractivity contribution >= 4 is 16.7 Å². The molecule has 1 heterocycles. The highest BCUT2D eigenvalue weighted by Crippen LogP contribution is 2.32. The maximum atomic E-state index is 12.0. The minimum absolute atomic E-state index is 0.110. The maximum Gasteiger partial charge on any atom is 0.140 e. The number of hydrogen-bond donors (Lipinski definition) is 0. The molecule has 1 atom stereocenters. The smallest absolute Gasteiger partial charge is 0.140 e. The molecular weight excluding hydrogens is 224 g/mol. The Kier molecular flexibility index (Phi) is 2.69. The van der Waals surface area contributed by atoms with Gasteiger partial charge in [0.2, 0.25) is 0 Å². The Labute approximate surface area is 107 Å². The van der Waals surface area contributed by atoms with Gasteiger partial charge in [0.1, 0.15) is 5.78 Å². The van der Waals surface area contributed by atoms with Gasteiger partial charge in [-0.3, -0.25) is 9.48 Å². The molecule has 0 saturated heterocycles. The first-order valence-electron chi connectivity index (χ1n) is 6.63. The summed E-state index contributed by atoms with van der Waals surface area (Å²) in [6.45, 7) is 2.02. The number of aromatic nitrogens is 2. The normalized spacial score (nSPS) is 20.6. The zero-order valence-electron chi connectivity index (χ0n) is 10.9. The first-order chi connectivity index (χ1) is 8.66. The molecule has 3 heteroatoms. The van der Waals surface area contributed by atoms with Crippen LogP contribution in [-0.2, 0) is 11.8 Å². The molecule has 1 unspecified atom stereocenters. The van der Waals surface area contributed by atoms with Gasteiger partial charge < -0.3 is 0 Å². The first-order valence-corrected chi connectivity index (χ1v) is 6.63. The largest absolute Gasteiger partial charge is 0.299 e. The zero-order chi connectivity index (χ0) is 12.7. The molecular formula is C15H18N2O. The highest BCUT2D eigenvalue weighted by atomic mass is 16.1. The molecule has 94 valence electrons. The van der Waals surface area contributed by atoms with E-state index in [4.69, 9.17) is 0 Å². The van der Waals surface area contributed by atoms with Crippen LogP contribution in [-0.4, -0.2) is 15.6 Å². The Morgan fingerprint density at radius 2 is 2.17 bits per heavy atom. The van der Waals surface area contributed by atoms with Gasteiger partial charge in [-0.25, -0.2) is 0 Å². The molecule has 0 spiro atoms. The van der Waals surface area contributed by atoms with Crippen molar-refractivity contribution in [1.29, 1.82) is 0 Å². The third-order valence-corrected chi connectivity index (χ3v) is 4.02. The van der Waals surface area contributed by atoms with Crippen molar-refractivity contribution in [2.24, 2.45) is 7.05 Å².